The Hall–Kier alpha value is -3.86. The van der Waals surface area contributed by atoms with E-state index in [0.717, 1.165) is 53.6 Å². The Morgan fingerprint density at radius 2 is 1.77 bits per heavy atom. The van der Waals surface area contributed by atoms with Crippen LogP contribution in [0.3, 0.4) is 0 Å². The van der Waals surface area contributed by atoms with E-state index in [1.54, 1.807) is 12.0 Å². The van der Waals surface area contributed by atoms with Gasteiger partial charge < -0.3 is 25.0 Å². The number of urea groups is 1. The second-order valence-electron chi connectivity index (χ2n) is 12.8. The van der Waals surface area contributed by atoms with Gasteiger partial charge in [0.25, 0.3) is 5.91 Å². The van der Waals surface area contributed by atoms with Crippen LogP contribution in [0.15, 0.2) is 54.6 Å². The van der Waals surface area contributed by atoms with Crippen LogP contribution in [0.5, 0.6) is 5.75 Å². The van der Waals surface area contributed by atoms with E-state index in [9.17, 15) is 9.59 Å². The van der Waals surface area contributed by atoms with Gasteiger partial charge in [0.2, 0.25) is 0 Å². The predicted molar refractivity (Wildman–Crippen MR) is 171 cm³/mol. The highest BCUT2D eigenvalue weighted by Gasteiger charge is 2.70. The maximum atomic E-state index is 14.5. The fraction of sp³-hybridized carbons (Fsp3) is 0.471. The summed E-state index contributed by atoms with van der Waals surface area (Å²) in [5, 5.41) is 2.29. The van der Waals surface area contributed by atoms with Crippen molar-refractivity contribution >= 4 is 34.1 Å². The van der Waals surface area contributed by atoms with Crippen LogP contribution in [0.4, 0.5) is 16.2 Å². The lowest BCUT2D eigenvalue weighted by Crippen LogP contribution is -2.51. The molecule has 7 rings (SSSR count). The molecule has 0 radical (unpaired) electrons. The van der Waals surface area contributed by atoms with Crippen LogP contribution >= 0.6 is 0 Å². The van der Waals surface area contributed by atoms with Gasteiger partial charge in [0.15, 0.2) is 0 Å². The number of anilines is 2. The van der Waals surface area contributed by atoms with E-state index >= 15 is 0 Å². The molecule has 1 unspecified atom stereocenters. The van der Waals surface area contributed by atoms with Gasteiger partial charge in [-0.25, -0.2) is 4.79 Å². The molecule has 3 amide bonds. The van der Waals surface area contributed by atoms with E-state index in [4.69, 9.17) is 15.2 Å². The Morgan fingerprint density at radius 3 is 2.50 bits per heavy atom. The number of fused-ring (bicyclic) bond motifs is 1. The molecule has 1 spiro atoms. The maximum Gasteiger partial charge on any atom is 0.328 e. The molecule has 0 aromatic heterocycles. The molecular weight excluding hydrogens is 556 g/mol. The van der Waals surface area contributed by atoms with Crippen molar-refractivity contribution in [2.45, 2.75) is 24.5 Å². The average Bonchev–Trinajstić information content (AvgIpc) is 3.60. The zero-order valence-electron chi connectivity index (χ0n) is 25.9. The number of benzene rings is 3. The molecule has 4 aliphatic heterocycles. The fourth-order valence-electron chi connectivity index (χ4n) is 8.07. The van der Waals surface area contributed by atoms with Crippen molar-refractivity contribution in [3.63, 3.8) is 0 Å². The Kier molecular flexibility index (Phi) is 7.39. The minimum Gasteiger partial charge on any atom is -0.495 e. The van der Waals surface area contributed by atoms with Crippen molar-refractivity contribution < 1.29 is 19.1 Å². The number of hydrogen-bond acceptors (Lipinski definition) is 8. The van der Waals surface area contributed by atoms with Crippen molar-refractivity contribution in [3.05, 3.63) is 65.7 Å². The normalized spacial score (nSPS) is 25.6. The first-order valence-corrected chi connectivity index (χ1v) is 15.6. The van der Waals surface area contributed by atoms with Crippen molar-refractivity contribution in [3.8, 4) is 5.75 Å². The van der Waals surface area contributed by atoms with Gasteiger partial charge in [-0.3, -0.25) is 19.5 Å². The third kappa shape index (κ3) is 4.58. The van der Waals surface area contributed by atoms with Crippen LogP contribution in [0, 0.1) is 5.92 Å². The van der Waals surface area contributed by atoms with Crippen molar-refractivity contribution in [2.24, 2.45) is 5.92 Å². The first kappa shape index (κ1) is 28.9. The highest BCUT2D eigenvalue weighted by Crippen LogP contribution is 2.56. The van der Waals surface area contributed by atoms with Gasteiger partial charge in [0.05, 0.1) is 32.1 Å². The van der Waals surface area contributed by atoms with Crippen molar-refractivity contribution in [1.29, 1.82) is 0 Å². The lowest BCUT2D eigenvalue weighted by molar-refractivity contribution is -0.133. The molecule has 232 valence electrons. The van der Waals surface area contributed by atoms with E-state index in [1.807, 2.05) is 23.1 Å². The number of likely N-dealkylation sites (tertiary alicyclic amines) is 1. The number of carbonyl (C=O) groups is 2. The fourth-order valence-corrected chi connectivity index (χ4v) is 8.07. The van der Waals surface area contributed by atoms with Gasteiger partial charge in [-0.15, -0.1) is 0 Å². The summed E-state index contributed by atoms with van der Waals surface area (Å²) in [5.74, 6) is 0.633. The van der Waals surface area contributed by atoms with Crippen LogP contribution in [0.25, 0.3) is 10.8 Å². The molecule has 2 N–H and O–H groups in total. The highest BCUT2D eigenvalue weighted by molar-refractivity contribution is 6.09. The Bertz CT molecular complexity index is 1590. The number of nitrogens with two attached hydrogens (primary N) is 1. The smallest absolute Gasteiger partial charge is 0.328 e. The van der Waals surface area contributed by atoms with Crippen LogP contribution < -0.4 is 15.4 Å². The third-order valence-electron chi connectivity index (χ3n) is 10.1. The first-order chi connectivity index (χ1) is 21.3. The summed E-state index contributed by atoms with van der Waals surface area (Å²) in [4.78, 5) is 39.2. The summed E-state index contributed by atoms with van der Waals surface area (Å²) < 4.78 is 10.9. The van der Waals surface area contributed by atoms with E-state index in [0.29, 0.717) is 50.8 Å². The molecule has 4 aliphatic rings. The van der Waals surface area contributed by atoms with Crippen LogP contribution in [-0.2, 0) is 16.1 Å². The van der Waals surface area contributed by atoms with Gasteiger partial charge in [0.1, 0.15) is 11.3 Å². The number of hydrogen-bond donors (Lipinski definition) is 1. The number of rotatable bonds is 8. The largest absolute Gasteiger partial charge is 0.495 e. The second-order valence-corrected chi connectivity index (χ2v) is 12.8. The maximum absolute atomic E-state index is 14.5. The standard InChI is InChI=1S/C34H42N6O4/c1-36(2)29-10-9-27(25-6-4-5-7-26(25)29)30-19-24-21-38(20-23-8-11-31(43-3)28(35)18-23)22-34(24)32(41)39(33(42)40(30)34)13-12-37-14-16-44-17-15-37/h4-11,18,24,30H,12-17,19-22,35H2,1-3H3/t24-,30+,34?/m1/s1. The molecule has 10 heteroatoms. The topological polar surface area (TPSA) is 94.8 Å². The molecule has 4 fully saturated rings. The lowest BCUT2D eigenvalue weighted by atomic mass is 9.87. The Morgan fingerprint density at radius 1 is 1.00 bits per heavy atom. The molecular formula is C34H42N6O4. The number of carbonyl (C=O) groups excluding carboxylic acids is 2. The summed E-state index contributed by atoms with van der Waals surface area (Å²) in [5.41, 5.74) is 9.25. The monoisotopic (exact) mass is 598 g/mol. The minimum atomic E-state index is -0.883. The molecule has 0 bridgehead atoms. The zero-order chi connectivity index (χ0) is 30.6. The first-order valence-electron chi connectivity index (χ1n) is 15.6. The van der Waals surface area contributed by atoms with E-state index in [-0.39, 0.29) is 23.9 Å². The third-order valence-corrected chi connectivity index (χ3v) is 10.1. The number of nitrogen functional groups attached to an aromatic ring is 1. The summed E-state index contributed by atoms with van der Waals surface area (Å²) in [6.45, 7) is 5.96. The molecule has 3 aromatic carbocycles. The second kappa shape index (κ2) is 11.3. The molecule has 44 heavy (non-hydrogen) atoms. The molecule has 10 nitrogen and oxygen atoms in total. The van der Waals surface area contributed by atoms with Gasteiger partial charge in [-0.2, -0.15) is 0 Å². The number of methoxy groups -OCH3 is 1. The molecule has 3 aromatic rings. The lowest BCUT2D eigenvalue weighted by Gasteiger charge is -2.32. The number of morpholine rings is 1. The summed E-state index contributed by atoms with van der Waals surface area (Å²) >= 11 is 0. The van der Waals surface area contributed by atoms with Crippen molar-refractivity contribution in [1.82, 2.24) is 19.6 Å². The average molecular weight is 599 g/mol. The zero-order valence-corrected chi connectivity index (χ0v) is 25.9. The van der Waals surface area contributed by atoms with E-state index in [1.165, 1.54) is 0 Å². The summed E-state index contributed by atoms with van der Waals surface area (Å²) in [6, 6.07) is 18.3. The Balaban J connectivity index is 1.23. The van der Waals surface area contributed by atoms with Gasteiger partial charge >= 0.3 is 6.03 Å². The van der Waals surface area contributed by atoms with Crippen LogP contribution in [0.2, 0.25) is 0 Å². The highest BCUT2D eigenvalue weighted by atomic mass is 16.5. The quantitative estimate of drug-likeness (QED) is 0.312. The van der Waals surface area contributed by atoms with Gasteiger partial charge in [-0.05, 0) is 41.1 Å². The number of ether oxygens (including phenoxy) is 2. The van der Waals surface area contributed by atoms with Crippen LogP contribution in [-0.4, -0.2) is 111 Å². The molecule has 0 saturated carbocycles. The molecule has 3 atom stereocenters. The molecule has 0 aliphatic carbocycles. The van der Waals surface area contributed by atoms with E-state index < -0.39 is 5.54 Å². The van der Waals surface area contributed by atoms with Gasteiger partial charge in [0, 0.05) is 76.9 Å². The number of nitrogens with zero attached hydrogens (tertiary/aromatic N) is 5. The van der Waals surface area contributed by atoms with E-state index in [2.05, 4.69) is 65.2 Å². The Labute approximate surface area is 258 Å². The number of amides is 3. The summed E-state index contributed by atoms with van der Waals surface area (Å²) in [6.07, 6.45) is 0.751. The molecule has 4 saturated heterocycles. The summed E-state index contributed by atoms with van der Waals surface area (Å²) in [7, 11) is 5.72. The van der Waals surface area contributed by atoms with Gasteiger partial charge in [-0.1, -0.05) is 36.4 Å². The minimum absolute atomic E-state index is 0.0280. The molecule has 4 heterocycles. The predicted octanol–water partition coefficient (Wildman–Crippen LogP) is 3.41. The van der Waals surface area contributed by atoms with Crippen LogP contribution in [0.1, 0.15) is 23.6 Å². The number of imide groups is 1. The SMILES string of the molecule is COc1ccc(CN2C[C@H]3C[C@@H](c4ccc(N(C)C)c5ccccc45)N4C(=O)N(CCN5CCOCC5)C(=O)C34C2)cc1N. The van der Waals surface area contributed by atoms with Crippen molar-refractivity contribution in [2.75, 3.05) is 84.3 Å².